The van der Waals surface area contributed by atoms with Crippen molar-refractivity contribution in [1.29, 1.82) is 5.26 Å². The fourth-order valence-electron chi connectivity index (χ4n) is 1.25. The third-order valence-corrected chi connectivity index (χ3v) is 3.10. The van der Waals surface area contributed by atoms with Crippen LogP contribution in [-0.2, 0) is 0 Å². The van der Waals surface area contributed by atoms with Crippen LogP contribution in [0.5, 0.6) is 0 Å². The summed E-state index contributed by atoms with van der Waals surface area (Å²) in [6.45, 7) is 9.61. The molecule has 0 aromatic carbocycles. The topological polar surface area (TPSA) is 74.7 Å². The number of nitriles is 1. The molecule has 0 aliphatic rings. The average molecular weight is 232 g/mol. The number of pyridine rings is 1. The molecule has 3 N–H and O–H groups in total. The monoisotopic (exact) mass is 232 g/mol. The van der Waals surface area contributed by atoms with Crippen LogP contribution in [0.2, 0.25) is 0 Å². The molecule has 0 saturated carbocycles. The van der Waals surface area contributed by atoms with Gasteiger partial charge in [0.1, 0.15) is 11.9 Å². The Bertz CT molecular complexity index is 426. The van der Waals surface area contributed by atoms with E-state index in [0.29, 0.717) is 23.0 Å². The van der Waals surface area contributed by atoms with Crippen molar-refractivity contribution in [2.45, 2.75) is 27.7 Å². The van der Waals surface area contributed by atoms with Gasteiger partial charge in [-0.2, -0.15) is 5.26 Å². The molecule has 1 aromatic heterocycles. The van der Waals surface area contributed by atoms with E-state index in [-0.39, 0.29) is 5.41 Å². The first-order valence-electron chi connectivity index (χ1n) is 5.74. The van der Waals surface area contributed by atoms with Crippen molar-refractivity contribution in [2.75, 3.05) is 17.6 Å². The highest BCUT2D eigenvalue weighted by molar-refractivity contribution is 5.63. The van der Waals surface area contributed by atoms with E-state index in [1.54, 1.807) is 6.07 Å². The number of anilines is 2. The Labute approximate surface area is 103 Å². The number of nitrogen functional groups attached to an aromatic ring is 1. The van der Waals surface area contributed by atoms with Crippen LogP contribution in [0.3, 0.4) is 0 Å². The first kappa shape index (κ1) is 13.3. The van der Waals surface area contributed by atoms with E-state index in [9.17, 15) is 0 Å². The van der Waals surface area contributed by atoms with Crippen molar-refractivity contribution < 1.29 is 0 Å². The predicted molar refractivity (Wildman–Crippen MR) is 70.5 cm³/mol. The van der Waals surface area contributed by atoms with Gasteiger partial charge in [0.05, 0.1) is 11.3 Å². The van der Waals surface area contributed by atoms with Crippen LogP contribution in [0, 0.1) is 22.7 Å². The lowest BCUT2D eigenvalue weighted by molar-refractivity contribution is 0.274. The number of rotatable bonds is 3. The molecule has 1 heterocycles. The summed E-state index contributed by atoms with van der Waals surface area (Å²) < 4.78 is 0. The number of nitrogens with zero attached hydrogens (tertiary/aromatic N) is 2. The summed E-state index contributed by atoms with van der Waals surface area (Å²) >= 11 is 0. The molecule has 1 unspecified atom stereocenters. The van der Waals surface area contributed by atoms with Crippen molar-refractivity contribution in [3.05, 3.63) is 17.8 Å². The Morgan fingerprint density at radius 1 is 1.53 bits per heavy atom. The van der Waals surface area contributed by atoms with Crippen molar-refractivity contribution in [3.8, 4) is 6.07 Å². The molecule has 0 amide bonds. The van der Waals surface area contributed by atoms with E-state index in [1.165, 1.54) is 6.20 Å². The second kappa shape index (κ2) is 5.05. The summed E-state index contributed by atoms with van der Waals surface area (Å²) in [6, 6.07) is 3.65. The number of hydrogen-bond acceptors (Lipinski definition) is 4. The van der Waals surface area contributed by atoms with Gasteiger partial charge in [-0.15, -0.1) is 0 Å². The molecule has 1 rings (SSSR count). The van der Waals surface area contributed by atoms with Gasteiger partial charge in [-0.3, -0.25) is 0 Å². The van der Waals surface area contributed by atoms with Crippen LogP contribution in [0.15, 0.2) is 12.3 Å². The molecule has 0 fully saturated rings. The van der Waals surface area contributed by atoms with Gasteiger partial charge in [0.15, 0.2) is 0 Å². The SMILES string of the molecule is CC(CNc1ncc(C#N)cc1N)C(C)(C)C. The van der Waals surface area contributed by atoms with E-state index in [4.69, 9.17) is 11.0 Å². The quantitative estimate of drug-likeness (QED) is 0.840. The fourth-order valence-corrected chi connectivity index (χ4v) is 1.25. The van der Waals surface area contributed by atoms with Crippen LogP contribution >= 0.6 is 0 Å². The van der Waals surface area contributed by atoms with Crippen molar-refractivity contribution in [2.24, 2.45) is 11.3 Å². The van der Waals surface area contributed by atoms with E-state index in [1.807, 2.05) is 6.07 Å². The van der Waals surface area contributed by atoms with E-state index >= 15 is 0 Å². The molecule has 1 atom stereocenters. The Morgan fingerprint density at radius 3 is 2.65 bits per heavy atom. The molecular formula is C13H20N4. The van der Waals surface area contributed by atoms with Crippen molar-refractivity contribution >= 4 is 11.5 Å². The summed E-state index contributed by atoms with van der Waals surface area (Å²) in [5.74, 6) is 1.15. The second-order valence-electron chi connectivity index (χ2n) is 5.42. The van der Waals surface area contributed by atoms with Crippen LogP contribution in [-0.4, -0.2) is 11.5 Å². The van der Waals surface area contributed by atoms with E-state index in [2.05, 4.69) is 38.0 Å². The highest BCUT2D eigenvalue weighted by Gasteiger charge is 2.19. The van der Waals surface area contributed by atoms with Gasteiger partial charge in [-0.05, 0) is 17.4 Å². The highest BCUT2D eigenvalue weighted by Crippen LogP contribution is 2.26. The van der Waals surface area contributed by atoms with Gasteiger partial charge >= 0.3 is 0 Å². The summed E-state index contributed by atoms with van der Waals surface area (Å²) in [5.41, 5.74) is 7.06. The minimum absolute atomic E-state index is 0.244. The van der Waals surface area contributed by atoms with Gasteiger partial charge in [0.2, 0.25) is 0 Å². The van der Waals surface area contributed by atoms with Gasteiger partial charge in [0, 0.05) is 12.7 Å². The van der Waals surface area contributed by atoms with Gasteiger partial charge in [-0.1, -0.05) is 27.7 Å². The number of nitrogens with two attached hydrogens (primary N) is 1. The molecule has 0 spiro atoms. The maximum absolute atomic E-state index is 8.71. The smallest absolute Gasteiger partial charge is 0.149 e. The Morgan fingerprint density at radius 2 is 2.18 bits per heavy atom. The zero-order valence-electron chi connectivity index (χ0n) is 10.9. The average Bonchev–Trinajstić information content (AvgIpc) is 2.25. The molecule has 0 bridgehead atoms. The summed E-state index contributed by atoms with van der Waals surface area (Å²) in [5, 5.41) is 11.9. The van der Waals surface area contributed by atoms with Crippen LogP contribution in [0.25, 0.3) is 0 Å². The molecule has 4 nitrogen and oxygen atoms in total. The van der Waals surface area contributed by atoms with Crippen LogP contribution in [0.1, 0.15) is 33.3 Å². The first-order valence-corrected chi connectivity index (χ1v) is 5.74. The maximum atomic E-state index is 8.71. The number of aromatic nitrogens is 1. The maximum Gasteiger partial charge on any atom is 0.149 e. The lowest BCUT2D eigenvalue weighted by Crippen LogP contribution is -2.25. The van der Waals surface area contributed by atoms with Gasteiger partial charge in [0.25, 0.3) is 0 Å². The standard InChI is InChI=1S/C13H20N4/c1-9(13(2,3)4)7-16-12-11(15)5-10(6-14)8-17-12/h5,8-9H,7,15H2,1-4H3,(H,16,17). The fraction of sp³-hybridized carbons (Fsp3) is 0.538. The summed E-state index contributed by atoms with van der Waals surface area (Å²) in [4.78, 5) is 4.14. The van der Waals surface area contributed by atoms with E-state index < -0.39 is 0 Å². The third-order valence-electron chi connectivity index (χ3n) is 3.10. The summed E-state index contributed by atoms with van der Waals surface area (Å²) in [6.07, 6.45) is 1.53. The van der Waals surface area contributed by atoms with Gasteiger partial charge < -0.3 is 11.1 Å². The molecule has 4 heteroatoms. The van der Waals surface area contributed by atoms with Crippen LogP contribution < -0.4 is 11.1 Å². The zero-order chi connectivity index (χ0) is 13.1. The highest BCUT2D eigenvalue weighted by atomic mass is 15.0. The Kier molecular flexibility index (Phi) is 3.95. The Balaban J connectivity index is 2.68. The molecular weight excluding hydrogens is 212 g/mol. The minimum atomic E-state index is 0.244. The van der Waals surface area contributed by atoms with Crippen molar-refractivity contribution in [1.82, 2.24) is 4.98 Å². The number of nitrogens with one attached hydrogen (secondary N) is 1. The normalized spacial score (nSPS) is 12.9. The summed E-state index contributed by atoms with van der Waals surface area (Å²) in [7, 11) is 0. The lowest BCUT2D eigenvalue weighted by atomic mass is 9.82. The lowest BCUT2D eigenvalue weighted by Gasteiger charge is -2.27. The van der Waals surface area contributed by atoms with E-state index in [0.717, 1.165) is 6.54 Å². The predicted octanol–water partition coefficient (Wildman–Crippen LogP) is 2.63. The first-order chi connectivity index (χ1) is 7.84. The zero-order valence-corrected chi connectivity index (χ0v) is 10.9. The second-order valence-corrected chi connectivity index (χ2v) is 5.42. The molecule has 0 aliphatic carbocycles. The third kappa shape index (κ3) is 3.63. The van der Waals surface area contributed by atoms with Gasteiger partial charge in [-0.25, -0.2) is 4.98 Å². The number of hydrogen-bond donors (Lipinski definition) is 2. The minimum Gasteiger partial charge on any atom is -0.396 e. The van der Waals surface area contributed by atoms with Crippen LogP contribution in [0.4, 0.5) is 11.5 Å². The largest absolute Gasteiger partial charge is 0.396 e. The molecule has 92 valence electrons. The molecule has 17 heavy (non-hydrogen) atoms. The molecule has 0 saturated heterocycles. The Hall–Kier alpha value is -1.76. The molecule has 0 aliphatic heterocycles. The molecule has 1 aromatic rings. The molecule has 0 radical (unpaired) electrons. The van der Waals surface area contributed by atoms with Crippen molar-refractivity contribution in [3.63, 3.8) is 0 Å².